The Hall–Kier alpha value is -0.640. The van der Waals surface area contributed by atoms with E-state index in [-0.39, 0.29) is 6.04 Å². The first-order valence-electron chi connectivity index (χ1n) is 5.42. The highest BCUT2D eigenvalue weighted by Crippen LogP contribution is 2.36. The molecule has 4 heteroatoms. The van der Waals surface area contributed by atoms with E-state index in [1.165, 1.54) is 25.7 Å². The first-order valence-corrected chi connectivity index (χ1v) is 6.21. The average molecular weight is 271 g/mol. The van der Waals surface area contributed by atoms with E-state index < -0.39 is 0 Å². The summed E-state index contributed by atoms with van der Waals surface area (Å²) in [5.41, 5.74) is 1.13. The van der Waals surface area contributed by atoms with Crippen LogP contribution in [0.4, 0.5) is 0 Å². The Bertz CT molecular complexity index is 355. The number of aldehydes is 1. The maximum Gasteiger partial charge on any atom is 0.144 e. The summed E-state index contributed by atoms with van der Waals surface area (Å²) in [6.45, 7) is 1.85. The van der Waals surface area contributed by atoms with Crippen LogP contribution in [0.3, 0.4) is 0 Å². The van der Waals surface area contributed by atoms with Crippen LogP contribution in [-0.2, 0) is 4.79 Å². The summed E-state index contributed by atoms with van der Waals surface area (Å²) in [5.74, 6) is 0.583. The Morgan fingerprint density at radius 2 is 2.27 bits per heavy atom. The number of hydrogen-bond acceptors (Lipinski definition) is 2. The maximum atomic E-state index is 10.7. The Kier molecular flexibility index (Phi) is 3.24. The van der Waals surface area contributed by atoms with Crippen molar-refractivity contribution in [2.24, 2.45) is 0 Å². The van der Waals surface area contributed by atoms with Crippen molar-refractivity contribution < 1.29 is 4.79 Å². The van der Waals surface area contributed by atoms with Gasteiger partial charge in [-0.1, -0.05) is 12.8 Å². The van der Waals surface area contributed by atoms with Gasteiger partial charge in [0.2, 0.25) is 0 Å². The van der Waals surface area contributed by atoms with Crippen LogP contribution in [-0.4, -0.2) is 16.1 Å². The molecule has 0 unspecified atom stereocenters. The van der Waals surface area contributed by atoms with Gasteiger partial charge in [0.05, 0.1) is 10.2 Å². The minimum absolute atomic E-state index is 0.170. The molecule has 0 bridgehead atoms. The molecule has 0 amide bonds. The zero-order chi connectivity index (χ0) is 10.8. The molecule has 1 fully saturated rings. The first-order chi connectivity index (χ1) is 7.22. The van der Waals surface area contributed by atoms with Crippen molar-refractivity contribution in [2.45, 2.75) is 44.6 Å². The summed E-state index contributed by atoms with van der Waals surface area (Å²) in [6, 6.07) is -0.170. The van der Waals surface area contributed by atoms with E-state index in [9.17, 15) is 4.79 Å². The lowest BCUT2D eigenvalue weighted by Gasteiger charge is -2.06. The second-order valence-corrected chi connectivity index (χ2v) is 5.05. The van der Waals surface area contributed by atoms with Crippen molar-refractivity contribution in [3.63, 3.8) is 0 Å². The number of halogens is 1. The van der Waals surface area contributed by atoms with Crippen LogP contribution in [0.1, 0.15) is 50.3 Å². The quantitative estimate of drug-likeness (QED) is 0.792. The summed E-state index contributed by atoms with van der Waals surface area (Å²) in [5, 5.41) is 4.50. The minimum atomic E-state index is -0.170. The SMILES string of the molecule is C[C@H](C=O)n1cc(Br)c(C2CCCC2)n1. The standard InChI is InChI=1S/C11H15BrN2O/c1-8(7-15)14-6-10(12)11(13-14)9-4-2-3-5-9/h6-9H,2-5H2,1H3/t8-/m1/s1. The molecule has 0 spiro atoms. The minimum Gasteiger partial charge on any atom is -0.301 e. The highest BCUT2D eigenvalue weighted by atomic mass is 79.9. The van der Waals surface area contributed by atoms with Crippen molar-refractivity contribution in [3.05, 3.63) is 16.4 Å². The largest absolute Gasteiger partial charge is 0.301 e. The van der Waals surface area contributed by atoms with Crippen LogP contribution in [0.2, 0.25) is 0 Å². The van der Waals surface area contributed by atoms with E-state index in [1.807, 2.05) is 13.1 Å². The van der Waals surface area contributed by atoms with Crippen LogP contribution in [0.25, 0.3) is 0 Å². The number of carbonyl (C=O) groups excluding carboxylic acids is 1. The van der Waals surface area contributed by atoms with Gasteiger partial charge in [-0.05, 0) is 35.7 Å². The fourth-order valence-corrected chi connectivity index (χ4v) is 2.74. The third kappa shape index (κ3) is 2.14. The molecule has 1 aliphatic carbocycles. The fourth-order valence-electron chi connectivity index (χ4n) is 2.13. The highest BCUT2D eigenvalue weighted by molar-refractivity contribution is 9.10. The van der Waals surface area contributed by atoms with Gasteiger partial charge in [-0.3, -0.25) is 4.68 Å². The van der Waals surface area contributed by atoms with Crippen molar-refractivity contribution in [3.8, 4) is 0 Å². The molecule has 82 valence electrons. The van der Waals surface area contributed by atoms with Crippen LogP contribution in [0.5, 0.6) is 0 Å². The van der Waals surface area contributed by atoms with Crippen LogP contribution >= 0.6 is 15.9 Å². The highest BCUT2D eigenvalue weighted by Gasteiger charge is 2.23. The van der Waals surface area contributed by atoms with Crippen molar-refractivity contribution >= 4 is 22.2 Å². The molecule has 1 aliphatic rings. The molecule has 0 aliphatic heterocycles. The molecule has 1 atom stereocenters. The molecule has 3 nitrogen and oxygen atoms in total. The molecule has 0 radical (unpaired) electrons. The lowest BCUT2D eigenvalue weighted by Crippen LogP contribution is -2.07. The Labute approximate surface area is 98.0 Å². The molecule has 15 heavy (non-hydrogen) atoms. The third-order valence-corrected chi connectivity index (χ3v) is 3.68. The van der Waals surface area contributed by atoms with Crippen LogP contribution < -0.4 is 0 Å². The average Bonchev–Trinajstić information content (AvgIpc) is 2.84. The molecule has 0 N–H and O–H groups in total. The van der Waals surface area contributed by atoms with Gasteiger partial charge in [0.25, 0.3) is 0 Å². The van der Waals surface area contributed by atoms with E-state index >= 15 is 0 Å². The molecule has 2 rings (SSSR count). The van der Waals surface area contributed by atoms with Crippen LogP contribution in [0, 0.1) is 0 Å². The number of rotatable bonds is 3. The second-order valence-electron chi connectivity index (χ2n) is 4.20. The molecule has 1 aromatic rings. The molecular weight excluding hydrogens is 256 g/mol. The van der Waals surface area contributed by atoms with Crippen molar-refractivity contribution in [1.82, 2.24) is 9.78 Å². The first kappa shape index (κ1) is 10.9. The monoisotopic (exact) mass is 270 g/mol. The van der Waals surface area contributed by atoms with E-state index in [1.54, 1.807) is 4.68 Å². The molecule has 0 saturated heterocycles. The molecular formula is C11H15BrN2O. The Morgan fingerprint density at radius 3 is 2.87 bits per heavy atom. The van der Waals surface area contributed by atoms with Gasteiger partial charge in [0.1, 0.15) is 12.3 Å². The van der Waals surface area contributed by atoms with Gasteiger partial charge in [0.15, 0.2) is 0 Å². The third-order valence-electron chi connectivity index (χ3n) is 3.07. The van der Waals surface area contributed by atoms with E-state index in [0.717, 1.165) is 16.5 Å². The Morgan fingerprint density at radius 1 is 1.60 bits per heavy atom. The lowest BCUT2D eigenvalue weighted by molar-refractivity contribution is -0.110. The summed E-state index contributed by atoms with van der Waals surface area (Å²) in [6.07, 6.45) is 7.88. The predicted octanol–water partition coefficient (Wildman–Crippen LogP) is 3.06. The molecule has 1 heterocycles. The summed E-state index contributed by atoms with van der Waals surface area (Å²) in [7, 11) is 0. The normalized spacial score (nSPS) is 19.3. The predicted molar refractivity (Wildman–Crippen MR) is 61.9 cm³/mol. The Balaban J connectivity index is 2.24. The fraction of sp³-hybridized carbons (Fsp3) is 0.636. The number of carbonyl (C=O) groups is 1. The van der Waals surface area contributed by atoms with E-state index in [4.69, 9.17) is 0 Å². The van der Waals surface area contributed by atoms with E-state index in [0.29, 0.717) is 5.92 Å². The van der Waals surface area contributed by atoms with Gasteiger partial charge >= 0.3 is 0 Å². The lowest BCUT2D eigenvalue weighted by atomic mass is 10.1. The van der Waals surface area contributed by atoms with Crippen molar-refractivity contribution in [1.29, 1.82) is 0 Å². The second kappa shape index (κ2) is 4.47. The topological polar surface area (TPSA) is 34.9 Å². The number of hydrogen-bond donors (Lipinski definition) is 0. The zero-order valence-corrected chi connectivity index (χ0v) is 10.4. The molecule has 1 aromatic heterocycles. The number of nitrogens with zero attached hydrogens (tertiary/aromatic N) is 2. The summed E-state index contributed by atoms with van der Waals surface area (Å²) in [4.78, 5) is 10.7. The van der Waals surface area contributed by atoms with Crippen LogP contribution in [0.15, 0.2) is 10.7 Å². The van der Waals surface area contributed by atoms with Gasteiger partial charge in [-0.15, -0.1) is 0 Å². The molecule has 0 aromatic carbocycles. The molecule has 1 saturated carbocycles. The van der Waals surface area contributed by atoms with E-state index in [2.05, 4.69) is 21.0 Å². The summed E-state index contributed by atoms with van der Waals surface area (Å²) < 4.78 is 2.79. The number of aromatic nitrogens is 2. The van der Waals surface area contributed by atoms with Gasteiger partial charge in [-0.25, -0.2) is 0 Å². The smallest absolute Gasteiger partial charge is 0.144 e. The van der Waals surface area contributed by atoms with Crippen molar-refractivity contribution in [2.75, 3.05) is 0 Å². The summed E-state index contributed by atoms with van der Waals surface area (Å²) >= 11 is 3.53. The van der Waals surface area contributed by atoms with Gasteiger partial charge in [0, 0.05) is 12.1 Å². The van der Waals surface area contributed by atoms with Gasteiger partial charge < -0.3 is 4.79 Å². The zero-order valence-electron chi connectivity index (χ0n) is 8.82. The maximum absolute atomic E-state index is 10.7. The van der Waals surface area contributed by atoms with Gasteiger partial charge in [-0.2, -0.15) is 5.10 Å².